The summed E-state index contributed by atoms with van der Waals surface area (Å²) in [4.78, 5) is 62.8. The molecular weight excluding hydrogens is 803 g/mol. The van der Waals surface area contributed by atoms with Gasteiger partial charge in [0.15, 0.2) is 0 Å². The first-order valence-corrected chi connectivity index (χ1v) is 22.1. The molecule has 15 heteroatoms. The number of hydrogen-bond donors (Lipinski definition) is 4. The predicted octanol–water partition coefficient (Wildman–Crippen LogP) is 4.91. The van der Waals surface area contributed by atoms with Crippen LogP contribution in [0.5, 0.6) is 5.75 Å². The number of cyclic esters (lactones) is 1. The highest BCUT2D eigenvalue weighted by Gasteiger charge is 2.41. The Balaban J connectivity index is 1.34. The van der Waals surface area contributed by atoms with Crippen LogP contribution in [-0.2, 0) is 52.8 Å². The van der Waals surface area contributed by atoms with Crippen molar-refractivity contribution < 1.29 is 38.5 Å². The number of phenols is 1. The highest BCUT2D eigenvalue weighted by atomic mass is 16.5. The van der Waals surface area contributed by atoms with E-state index in [4.69, 9.17) is 24.9 Å². The monoisotopic (exact) mass is 865 g/mol. The lowest BCUT2D eigenvalue weighted by Gasteiger charge is -2.37. The van der Waals surface area contributed by atoms with Gasteiger partial charge in [-0.1, -0.05) is 39.8 Å². The third kappa shape index (κ3) is 9.47. The summed E-state index contributed by atoms with van der Waals surface area (Å²) in [6.45, 7) is 13.4. The summed E-state index contributed by atoms with van der Waals surface area (Å²) in [6, 6.07) is 12.1. The Morgan fingerprint density at radius 3 is 2.59 bits per heavy atom. The normalized spacial score (nSPS) is 22.7. The standard InChI is InChI=1S/C48H63N7O8/c1-9-54-40-15-14-30-22-34(40)35(43(54)33-12-10-16-50-41(33)28(4)61-8)23-48(5,6)26-63-47(60)38-13-11-17-55(52-38)46(59)39(20-29-18-31(30)21-32(56)19-29)51-44(57)42(27(2)3)53(7)45(58)36-24-62-25-37(36)49/h10,12,14-16,18-19,21-22,27-28,36-39,42,52,56H,9,11,13,17,20,23-26,49H2,1-8H3,(H,51,57)/t28-,36+,37-,38-,39-,42?/m0/s1. The number of hydrazine groups is 1. The summed E-state index contributed by atoms with van der Waals surface area (Å²) in [5, 5.41) is 16.7. The van der Waals surface area contributed by atoms with Crippen molar-refractivity contribution in [1.82, 2.24) is 30.2 Å². The number of fused-ring (bicyclic) bond motifs is 6. The number of pyridine rings is 1. The Morgan fingerprint density at radius 1 is 1.11 bits per heavy atom. The van der Waals surface area contributed by atoms with Crippen LogP contribution < -0.4 is 16.5 Å². The van der Waals surface area contributed by atoms with E-state index in [9.17, 15) is 24.3 Å². The van der Waals surface area contributed by atoms with Gasteiger partial charge in [0.05, 0.1) is 43.2 Å². The molecule has 0 saturated carbocycles. The summed E-state index contributed by atoms with van der Waals surface area (Å²) in [5.74, 6) is -2.70. The third-order valence-electron chi connectivity index (χ3n) is 12.8. The lowest BCUT2D eigenvalue weighted by molar-refractivity contribution is -0.155. The van der Waals surface area contributed by atoms with Gasteiger partial charge < -0.3 is 39.8 Å². The number of phenolic OH excluding ortho intramolecular Hbond substituents is 1. The van der Waals surface area contributed by atoms with E-state index in [-0.39, 0.29) is 56.5 Å². The average molecular weight is 866 g/mol. The van der Waals surface area contributed by atoms with E-state index in [1.807, 2.05) is 39.0 Å². The van der Waals surface area contributed by atoms with Crippen molar-refractivity contribution in [3.05, 3.63) is 71.5 Å². The van der Waals surface area contributed by atoms with Crippen LogP contribution in [0.4, 0.5) is 0 Å². The second-order valence-electron chi connectivity index (χ2n) is 18.5. The van der Waals surface area contributed by atoms with Crippen molar-refractivity contribution in [3.8, 4) is 28.1 Å². The third-order valence-corrected chi connectivity index (χ3v) is 12.8. The quantitative estimate of drug-likeness (QED) is 0.167. The lowest BCUT2D eigenvalue weighted by atomic mass is 9.84. The number of nitrogens with one attached hydrogen (secondary N) is 2. The molecule has 0 spiro atoms. The van der Waals surface area contributed by atoms with Gasteiger partial charge in [-0.2, -0.15) is 0 Å². The summed E-state index contributed by atoms with van der Waals surface area (Å²) in [7, 11) is 3.25. The van der Waals surface area contributed by atoms with Gasteiger partial charge in [-0.25, -0.2) is 5.43 Å². The van der Waals surface area contributed by atoms with E-state index < -0.39 is 53.3 Å². The smallest absolute Gasteiger partial charge is 0.324 e. The molecule has 2 fully saturated rings. The number of carbonyl (C=O) groups is 4. The van der Waals surface area contributed by atoms with Gasteiger partial charge in [-0.15, -0.1) is 0 Å². The fourth-order valence-corrected chi connectivity index (χ4v) is 9.47. The molecule has 3 aliphatic rings. The van der Waals surface area contributed by atoms with E-state index in [1.165, 1.54) is 9.91 Å². The van der Waals surface area contributed by atoms with Gasteiger partial charge in [0.25, 0.3) is 5.91 Å². The number of nitrogens with two attached hydrogens (primary N) is 1. The SMILES string of the molecule is CCn1c(-c2cccnc2[C@H](C)OC)c2c3cc(ccc31)-c1cc(O)cc(c1)C[C@H](NC(=O)C(C(C)C)N(C)C(=O)[C@@H]1COC[C@@H]1N)C(=O)N1CCC[C@H](N1)C(=O)OCC(C)(C)C2. The maximum Gasteiger partial charge on any atom is 0.324 e. The fourth-order valence-electron chi connectivity index (χ4n) is 9.47. The number of methoxy groups -OCH3 is 1. The van der Waals surface area contributed by atoms with Gasteiger partial charge >= 0.3 is 5.97 Å². The molecule has 2 aromatic carbocycles. The Hall–Kier alpha value is -5.35. The van der Waals surface area contributed by atoms with Crippen molar-refractivity contribution in [2.75, 3.05) is 40.5 Å². The van der Waals surface area contributed by atoms with Crippen LogP contribution in [0.2, 0.25) is 0 Å². The van der Waals surface area contributed by atoms with Gasteiger partial charge in [0.2, 0.25) is 11.8 Å². The summed E-state index contributed by atoms with van der Waals surface area (Å²) < 4.78 is 19.6. The van der Waals surface area contributed by atoms with Crippen LogP contribution in [-0.4, -0.2) is 113 Å². The van der Waals surface area contributed by atoms with E-state index in [0.717, 1.165) is 44.5 Å². The van der Waals surface area contributed by atoms with Crippen LogP contribution in [0, 0.1) is 17.3 Å². The van der Waals surface area contributed by atoms with Crippen molar-refractivity contribution in [2.24, 2.45) is 23.0 Å². The molecule has 0 radical (unpaired) electrons. The van der Waals surface area contributed by atoms with E-state index in [1.54, 1.807) is 32.5 Å². The molecule has 2 aromatic heterocycles. The maximum absolute atomic E-state index is 14.6. The van der Waals surface area contributed by atoms with Crippen molar-refractivity contribution in [1.29, 1.82) is 0 Å². The summed E-state index contributed by atoms with van der Waals surface area (Å²) >= 11 is 0. The number of carbonyl (C=O) groups excluding carboxylic acids is 4. The molecule has 5 heterocycles. The fraction of sp³-hybridized carbons (Fsp3) is 0.521. The van der Waals surface area contributed by atoms with Crippen molar-refractivity contribution in [3.63, 3.8) is 0 Å². The Morgan fingerprint density at radius 2 is 1.89 bits per heavy atom. The minimum absolute atomic E-state index is 0.00257. The van der Waals surface area contributed by atoms with E-state index in [0.29, 0.717) is 31.4 Å². The zero-order valence-corrected chi connectivity index (χ0v) is 37.8. The first kappa shape index (κ1) is 45.7. The largest absolute Gasteiger partial charge is 0.508 e. The van der Waals surface area contributed by atoms with Crippen molar-refractivity contribution >= 4 is 34.6 Å². The molecule has 0 aliphatic carbocycles. The lowest BCUT2D eigenvalue weighted by Crippen LogP contribution is -2.62. The van der Waals surface area contributed by atoms with Gasteiger partial charge in [-0.3, -0.25) is 29.2 Å². The number of likely N-dealkylation sites (N-methyl/N-ethyl adjacent to an activating group) is 1. The molecule has 2 saturated heterocycles. The highest BCUT2D eigenvalue weighted by Crippen LogP contribution is 2.42. The molecule has 63 heavy (non-hydrogen) atoms. The Kier molecular flexibility index (Phi) is 13.6. The van der Waals surface area contributed by atoms with E-state index in [2.05, 4.69) is 54.3 Å². The molecular formula is C48H63N7O8. The number of aromatic hydroxyl groups is 1. The summed E-state index contributed by atoms with van der Waals surface area (Å²) in [5.41, 5.74) is 15.8. The minimum atomic E-state index is -1.15. The maximum atomic E-state index is 14.6. The number of hydrogen-bond acceptors (Lipinski definition) is 11. The van der Waals surface area contributed by atoms with Crippen molar-refractivity contribution in [2.45, 2.75) is 104 Å². The second kappa shape index (κ2) is 18.8. The molecule has 15 nitrogen and oxygen atoms in total. The Bertz CT molecular complexity index is 2360. The number of amides is 3. The molecule has 5 N–H and O–H groups in total. The average Bonchev–Trinajstić information content (AvgIpc) is 3.83. The Labute approximate surface area is 369 Å². The molecule has 338 valence electrons. The first-order chi connectivity index (χ1) is 30.0. The molecule has 6 bridgehead atoms. The number of esters is 1. The van der Waals surface area contributed by atoms with Crippen LogP contribution in [0.15, 0.2) is 54.7 Å². The molecule has 6 atom stereocenters. The number of aryl methyl sites for hydroxylation is 1. The van der Waals surface area contributed by atoms with E-state index >= 15 is 0 Å². The topological polar surface area (TPSA) is 191 Å². The number of aromatic nitrogens is 2. The molecule has 3 aliphatic heterocycles. The highest BCUT2D eigenvalue weighted by molar-refractivity contribution is 5.96. The van der Waals surface area contributed by atoms with Gasteiger partial charge in [0, 0.05) is 67.8 Å². The minimum Gasteiger partial charge on any atom is -0.508 e. The van der Waals surface area contributed by atoms with Crippen LogP contribution in [0.25, 0.3) is 33.3 Å². The first-order valence-electron chi connectivity index (χ1n) is 22.1. The molecule has 7 rings (SSSR count). The predicted molar refractivity (Wildman–Crippen MR) is 239 cm³/mol. The molecule has 1 unspecified atom stereocenters. The summed E-state index contributed by atoms with van der Waals surface area (Å²) in [6.07, 6.45) is 3.01. The number of benzene rings is 2. The van der Waals surface area contributed by atoms with Crippen LogP contribution >= 0.6 is 0 Å². The zero-order valence-electron chi connectivity index (χ0n) is 37.8. The molecule has 3 amide bonds. The molecule has 4 aromatic rings. The van der Waals surface area contributed by atoms with Crippen LogP contribution in [0.1, 0.15) is 77.3 Å². The van der Waals surface area contributed by atoms with Gasteiger partial charge in [-0.05, 0) is 97.7 Å². The number of rotatable bonds is 9. The zero-order chi connectivity index (χ0) is 45.3. The number of ether oxygens (including phenoxy) is 3. The van der Waals surface area contributed by atoms with Gasteiger partial charge in [0.1, 0.15) is 23.9 Å². The second-order valence-corrected chi connectivity index (χ2v) is 18.5. The van der Waals surface area contributed by atoms with Crippen LogP contribution in [0.3, 0.4) is 0 Å². The number of nitrogens with zero attached hydrogens (tertiary/aromatic N) is 4.